The summed E-state index contributed by atoms with van der Waals surface area (Å²) in [4.78, 5) is 37.3. The highest BCUT2D eigenvalue weighted by molar-refractivity contribution is 5.67. The van der Waals surface area contributed by atoms with Crippen LogP contribution in [0.25, 0.3) is 0 Å². The highest BCUT2D eigenvalue weighted by Gasteiger charge is 2.47. The second kappa shape index (κ2) is 6.55. The van der Waals surface area contributed by atoms with Crippen molar-refractivity contribution in [1.82, 2.24) is 14.9 Å². The summed E-state index contributed by atoms with van der Waals surface area (Å²) in [5, 5.41) is 12.2. The summed E-state index contributed by atoms with van der Waals surface area (Å²) < 4.78 is 12.2. The van der Waals surface area contributed by atoms with E-state index in [0.29, 0.717) is 5.56 Å². The molecule has 5 atom stereocenters. The van der Waals surface area contributed by atoms with Crippen LogP contribution in [0.5, 0.6) is 0 Å². The van der Waals surface area contributed by atoms with Crippen LogP contribution >= 0.6 is 0 Å². The first kappa shape index (κ1) is 17.2. The van der Waals surface area contributed by atoms with Crippen LogP contribution in [0.3, 0.4) is 0 Å². The number of aliphatic hydroxyl groups is 1. The number of carbonyl (C=O) groups excluding carboxylic acids is 1. The van der Waals surface area contributed by atoms with E-state index in [2.05, 4.69) is 10.3 Å². The number of aromatic nitrogens is 2. The minimum Gasteiger partial charge on any atom is -0.441 e. The Labute approximate surface area is 132 Å². The quantitative estimate of drug-likeness (QED) is 0.687. The second-order valence-electron chi connectivity index (χ2n) is 5.69. The van der Waals surface area contributed by atoms with Gasteiger partial charge in [0.2, 0.25) is 0 Å². The van der Waals surface area contributed by atoms with Gasteiger partial charge in [0.15, 0.2) is 12.3 Å². The highest BCUT2D eigenvalue weighted by Crippen LogP contribution is 2.36. The van der Waals surface area contributed by atoms with Crippen molar-refractivity contribution in [3.8, 4) is 0 Å². The first-order valence-corrected chi connectivity index (χ1v) is 7.30. The van der Waals surface area contributed by atoms with Gasteiger partial charge in [-0.25, -0.2) is 9.59 Å². The van der Waals surface area contributed by atoms with Gasteiger partial charge in [-0.2, -0.15) is 0 Å². The molecule has 0 spiro atoms. The van der Waals surface area contributed by atoms with Crippen molar-refractivity contribution in [3.05, 3.63) is 32.6 Å². The van der Waals surface area contributed by atoms with Gasteiger partial charge in [0.25, 0.3) is 5.56 Å². The summed E-state index contributed by atoms with van der Waals surface area (Å²) in [5.41, 5.74) is -0.845. The lowest BCUT2D eigenvalue weighted by Crippen LogP contribution is -2.40. The first-order chi connectivity index (χ1) is 10.8. The number of ether oxygens (including phenoxy) is 2. The van der Waals surface area contributed by atoms with Crippen molar-refractivity contribution >= 4 is 6.09 Å². The van der Waals surface area contributed by atoms with Crippen LogP contribution in [-0.4, -0.2) is 46.1 Å². The zero-order valence-corrected chi connectivity index (χ0v) is 13.4. The van der Waals surface area contributed by atoms with Crippen molar-refractivity contribution in [2.75, 3.05) is 7.05 Å². The van der Waals surface area contributed by atoms with Gasteiger partial charge < -0.3 is 19.9 Å². The molecule has 128 valence electrons. The van der Waals surface area contributed by atoms with Crippen LogP contribution in [0.15, 0.2) is 15.8 Å². The third kappa shape index (κ3) is 3.30. The zero-order valence-electron chi connectivity index (χ0n) is 13.4. The molecule has 0 radical (unpaired) electrons. The molecule has 1 aliphatic rings. The van der Waals surface area contributed by atoms with E-state index < -0.39 is 41.9 Å². The fourth-order valence-electron chi connectivity index (χ4n) is 2.71. The molecule has 2 heterocycles. The molecular weight excluding hydrogens is 306 g/mol. The number of rotatable bonds is 3. The lowest BCUT2D eigenvalue weighted by Gasteiger charge is -2.22. The third-order valence-electron chi connectivity index (χ3n) is 3.96. The second-order valence-corrected chi connectivity index (χ2v) is 5.69. The lowest BCUT2D eigenvalue weighted by atomic mass is 9.97. The fraction of sp³-hybridized carbons (Fsp3) is 0.643. The number of aryl methyl sites for hydroxylation is 1. The molecule has 1 amide bonds. The molecule has 9 heteroatoms. The molecule has 1 aliphatic heterocycles. The number of hydrogen-bond donors (Lipinski definition) is 3. The molecule has 3 N–H and O–H groups in total. The average Bonchev–Trinajstić information content (AvgIpc) is 2.80. The predicted octanol–water partition coefficient (Wildman–Crippen LogP) is -0.516. The molecule has 23 heavy (non-hydrogen) atoms. The Morgan fingerprint density at radius 3 is 2.74 bits per heavy atom. The molecule has 0 aromatic carbocycles. The highest BCUT2D eigenvalue weighted by atomic mass is 16.6. The zero-order chi connectivity index (χ0) is 17.3. The van der Waals surface area contributed by atoms with Crippen LogP contribution in [0.1, 0.15) is 25.6 Å². The average molecular weight is 327 g/mol. The Balaban J connectivity index is 2.44. The van der Waals surface area contributed by atoms with E-state index >= 15 is 0 Å². The number of carbonyl (C=O) groups is 1. The Bertz CT molecular complexity index is 694. The number of amides is 1. The Morgan fingerprint density at radius 2 is 2.17 bits per heavy atom. The Hall–Kier alpha value is -2.13. The Morgan fingerprint density at radius 1 is 1.52 bits per heavy atom. The van der Waals surface area contributed by atoms with Gasteiger partial charge in [-0.1, -0.05) is 6.92 Å². The van der Waals surface area contributed by atoms with Crippen LogP contribution in [0.4, 0.5) is 4.79 Å². The van der Waals surface area contributed by atoms with Crippen molar-refractivity contribution in [2.45, 2.75) is 45.3 Å². The van der Waals surface area contributed by atoms with E-state index in [4.69, 9.17) is 9.47 Å². The van der Waals surface area contributed by atoms with Crippen LogP contribution in [0, 0.1) is 12.8 Å². The predicted molar refractivity (Wildman–Crippen MR) is 80.1 cm³/mol. The molecule has 1 saturated heterocycles. The molecule has 0 saturated carbocycles. The number of hydrogen-bond acceptors (Lipinski definition) is 6. The van der Waals surface area contributed by atoms with Crippen LogP contribution in [0.2, 0.25) is 0 Å². The number of aromatic amines is 1. The summed E-state index contributed by atoms with van der Waals surface area (Å²) in [6.45, 7) is 4.86. The smallest absolute Gasteiger partial charge is 0.407 e. The van der Waals surface area contributed by atoms with Crippen molar-refractivity contribution < 1.29 is 19.4 Å². The summed E-state index contributed by atoms with van der Waals surface area (Å²) in [6.07, 6.45) is -2.49. The van der Waals surface area contributed by atoms with E-state index in [0.717, 1.165) is 0 Å². The normalized spacial score (nSPS) is 28.4. The van der Waals surface area contributed by atoms with E-state index in [9.17, 15) is 19.5 Å². The van der Waals surface area contributed by atoms with Gasteiger partial charge in [-0.05, 0) is 13.8 Å². The topological polar surface area (TPSA) is 123 Å². The maximum Gasteiger partial charge on any atom is 0.407 e. The summed E-state index contributed by atoms with van der Waals surface area (Å²) in [6, 6.07) is 0. The van der Waals surface area contributed by atoms with Gasteiger partial charge in [-0.15, -0.1) is 0 Å². The monoisotopic (exact) mass is 327 g/mol. The van der Waals surface area contributed by atoms with Gasteiger partial charge in [-0.3, -0.25) is 14.3 Å². The molecular formula is C14H21N3O6. The number of H-pyrrole nitrogens is 1. The Kier molecular flexibility index (Phi) is 4.90. The summed E-state index contributed by atoms with van der Waals surface area (Å²) >= 11 is 0. The van der Waals surface area contributed by atoms with Crippen molar-refractivity contribution in [3.63, 3.8) is 0 Å². The van der Waals surface area contributed by atoms with Crippen molar-refractivity contribution in [1.29, 1.82) is 0 Å². The minimum absolute atomic E-state index is 0.319. The van der Waals surface area contributed by atoms with E-state index in [1.54, 1.807) is 20.8 Å². The molecule has 1 aromatic rings. The van der Waals surface area contributed by atoms with E-state index in [1.165, 1.54) is 17.8 Å². The SMILES string of the molecule is CNC(=O)O[C@@H]1[C@H](C)[C@@H]([C@H](C)O)O[C@H]1n1cc(C)c(=O)[nH]c1=O. The molecule has 1 fully saturated rings. The molecule has 0 bridgehead atoms. The van der Waals surface area contributed by atoms with E-state index in [1.807, 2.05) is 0 Å². The van der Waals surface area contributed by atoms with Crippen LogP contribution < -0.4 is 16.6 Å². The number of nitrogens with one attached hydrogen (secondary N) is 2. The number of aliphatic hydroxyl groups excluding tert-OH is 1. The maximum atomic E-state index is 12.1. The summed E-state index contributed by atoms with van der Waals surface area (Å²) in [7, 11) is 1.42. The number of nitrogens with zero attached hydrogens (tertiary/aromatic N) is 1. The standard InChI is InChI=1S/C14H21N3O6/c1-6-5-17(13(20)16-11(6)19)12-10(23-14(21)15-4)7(2)9(22-12)8(3)18/h5,7-10,12,18H,1-4H3,(H,15,21)(H,16,19,20)/t7-,8+,9+,10-,12-/m1/s1. The van der Waals surface area contributed by atoms with Gasteiger partial charge >= 0.3 is 11.8 Å². The molecule has 0 aliphatic carbocycles. The van der Waals surface area contributed by atoms with Gasteiger partial charge in [0, 0.05) is 24.7 Å². The first-order valence-electron chi connectivity index (χ1n) is 7.30. The summed E-state index contributed by atoms with van der Waals surface area (Å²) in [5.74, 6) is -0.351. The molecule has 9 nitrogen and oxygen atoms in total. The molecule has 0 unspecified atom stereocenters. The van der Waals surface area contributed by atoms with Gasteiger partial charge in [0.1, 0.15) is 0 Å². The van der Waals surface area contributed by atoms with Gasteiger partial charge in [0.05, 0.1) is 12.2 Å². The fourth-order valence-corrected chi connectivity index (χ4v) is 2.71. The number of alkyl carbamates (subject to hydrolysis) is 1. The van der Waals surface area contributed by atoms with Crippen molar-refractivity contribution in [2.24, 2.45) is 5.92 Å². The lowest BCUT2D eigenvalue weighted by molar-refractivity contribution is -0.0761. The van der Waals surface area contributed by atoms with E-state index in [-0.39, 0.29) is 5.92 Å². The largest absolute Gasteiger partial charge is 0.441 e. The maximum absolute atomic E-state index is 12.1. The minimum atomic E-state index is -0.940. The molecule has 1 aromatic heterocycles. The molecule has 2 rings (SSSR count). The third-order valence-corrected chi connectivity index (χ3v) is 3.96. The van der Waals surface area contributed by atoms with Crippen LogP contribution in [-0.2, 0) is 9.47 Å².